The third kappa shape index (κ3) is 3.56. The van der Waals surface area contributed by atoms with E-state index < -0.39 is 6.10 Å². The molecule has 5 nitrogen and oxygen atoms in total. The highest BCUT2D eigenvalue weighted by molar-refractivity contribution is 5.85. The molecular weight excluding hydrogens is 268 g/mol. The number of aliphatic hydroxyl groups is 2. The van der Waals surface area contributed by atoms with Gasteiger partial charge >= 0.3 is 0 Å². The molecule has 1 atom stereocenters. The number of fused-ring (bicyclic) bond motifs is 1. The van der Waals surface area contributed by atoms with E-state index in [9.17, 15) is 10.2 Å². The molecule has 114 valence electrons. The van der Waals surface area contributed by atoms with Crippen molar-refractivity contribution >= 4 is 10.9 Å². The molecule has 0 spiro atoms. The van der Waals surface area contributed by atoms with Crippen molar-refractivity contribution in [3.63, 3.8) is 0 Å². The van der Waals surface area contributed by atoms with Gasteiger partial charge in [-0.3, -0.25) is 0 Å². The minimum absolute atomic E-state index is 0.180. The summed E-state index contributed by atoms with van der Waals surface area (Å²) in [6.07, 6.45) is 2.76. The summed E-state index contributed by atoms with van der Waals surface area (Å²) in [5.41, 5.74) is 1.03. The lowest BCUT2D eigenvalue weighted by Gasteiger charge is -2.30. The number of rotatable bonds is 5. The van der Waals surface area contributed by atoms with Gasteiger partial charge in [-0.1, -0.05) is 6.07 Å². The molecule has 1 aromatic heterocycles. The quantitative estimate of drug-likeness (QED) is 0.778. The molecule has 0 aliphatic carbocycles. The Morgan fingerprint density at radius 2 is 2.10 bits per heavy atom. The van der Waals surface area contributed by atoms with Crippen LogP contribution in [0.15, 0.2) is 30.5 Å². The number of nitrogens with zero attached hydrogens (tertiary/aromatic N) is 1. The van der Waals surface area contributed by atoms with Crippen LogP contribution in [0.4, 0.5) is 0 Å². The average molecular weight is 290 g/mol. The van der Waals surface area contributed by atoms with Crippen molar-refractivity contribution in [2.24, 2.45) is 0 Å². The first-order valence-corrected chi connectivity index (χ1v) is 7.50. The Bertz CT molecular complexity index is 576. The fourth-order valence-electron chi connectivity index (χ4n) is 2.82. The number of likely N-dealkylation sites (tertiary alicyclic amines) is 1. The number of H-pyrrole nitrogens is 1. The maximum atomic E-state index is 10.1. The summed E-state index contributed by atoms with van der Waals surface area (Å²) in [5, 5.41) is 20.6. The van der Waals surface area contributed by atoms with Gasteiger partial charge < -0.3 is 24.8 Å². The molecule has 0 radical (unpaired) electrons. The van der Waals surface area contributed by atoms with Crippen molar-refractivity contribution in [2.45, 2.75) is 25.0 Å². The van der Waals surface area contributed by atoms with Crippen LogP contribution in [0.3, 0.4) is 0 Å². The third-order valence-electron chi connectivity index (χ3n) is 4.01. The Morgan fingerprint density at radius 3 is 2.90 bits per heavy atom. The standard InChI is InChI=1S/C16H22N2O3/c19-12-5-8-18(9-6-12)10-13(20)11-21-16-3-1-2-15-14(16)4-7-17-15/h1-4,7,12-13,17,19-20H,5-6,8-11H2. The molecule has 1 unspecified atom stereocenters. The molecule has 3 N–H and O–H groups in total. The van der Waals surface area contributed by atoms with Crippen molar-refractivity contribution in [3.05, 3.63) is 30.5 Å². The van der Waals surface area contributed by atoms with Gasteiger partial charge in [0, 0.05) is 36.7 Å². The van der Waals surface area contributed by atoms with Crippen molar-refractivity contribution < 1.29 is 14.9 Å². The van der Waals surface area contributed by atoms with Crippen molar-refractivity contribution in [2.75, 3.05) is 26.2 Å². The molecule has 1 aliphatic heterocycles. The summed E-state index contributed by atoms with van der Waals surface area (Å²) in [7, 11) is 0. The van der Waals surface area contributed by atoms with E-state index in [1.165, 1.54) is 0 Å². The first-order valence-electron chi connectivity index (χ1n) is 7.50. The number of piperidine rings is 1. The Balaban J connectivity index is 1.51. The van der Waals surface area contributed by atoms with Crippen LogP contribution in [0.25, 0.3) is 10.9 Å². The molecule has 5 heteroatoms. The molecule has 2 aromatic rings. The van der Waals surface area contributed by atoms with Gasteiger partial charge in [-0.25, -0.2) is 0 Å². The van der Waals surface area contributed by atoms with Gasteiger partial charge in [0.2, 0.25) is 0 Å². The summed E-state index contributed by atoms with van der Waals surface area (Å²) in [4.78, 5) is 5.32. The fourth-order valence-corrected chi connectivity index (χ4v) is 2.82. The van der Waals surface area contributed by atoms with Crippen LogP contribution in [0, 0.1) is 0 Å². The maximum Gasteiger partial charge on any atom is 0.128 e. The van der Waals surface area contributed by atoms with E-state index in [-0.39, 0.29) is 12.7 Å². The summed E-state index contributed by atoms with van der Waals surface area (Å²) in [6.45, 7) is 2.55. The van der Waals surface area contributed by atoms with E-state index in [4.69, 9.17) is 4.74 Å². The van der Waals surface area contributed by atoms with Crippen molar-refractivity contribution in [3.8, 4) is 5.75 Å². The van der Waals surface area contributed by atoms with Gasteiger partial charge in [-0.05, 0) is 31.0 Å². The lowest BCUT2D eigenvalue weighted by Crippen LogP contribution is -2.41. The van der Waals surface area contributed by atoms with E-state index >= 15 is 0 Å². The number of aliphatic hydroxyl groups excluding tert-OH is 2. The van der Waals surface area contributed by atoms with E-state index in [2.05, 4.69) is 9.88 Å². The molecule has 0 saturated carbocycles. The fraction of sp³-hybridized carbons (Fsp3) is 0.500. The molecule has 1 aliphatic rings. The lowest BCUT2D eigenvalue weighted by molar-refractivity contribution is 0.0340. The van der Waals surface area contributed by atoms with Gasteiger partial charge in [0.1, 0.15) is 18.5 Å². The van der Waals surface area contributed by atoms with E-state index in [1.54, 1.807) is 0 Å². The Morgan fingerprint density at radius 1 is 1.29 bits per heavy atom. The van der Waals surface area contributed by atoms with Gasteiger partial charge in [0.05, 0.1) is 6.10 Å². The van der Waals surface area contributed by atoms with Gasteiger partial charge in [0.15, 0.2) is 0 Å². The first-order chi connectivity index (χ1) is 10.2. The monoisotopic (exact) mass is 290 g/mol. The van der Waals surface area contributed by atoms with Gasteiger partial charge in [-0.2, -0.15) is 0 Å². The number of ether oxygens (including phenoxy) is 1. The predicted octanol–water partition coefficient (Wildman–Crippen LogP) is 1.36. The smallest absolute Gasteiger partial charge is 0.128 e. The highest BCUT2D eigenvalue weighted by atomic mass is 16.5. The number of β-amino-alcohol motifs (C(OH)–C–C–N with tert-alkyl or cyclic N) is 1. The number of benzene rings is 1. The minimum atomic E-state index is -0.519. The Labute approximate surface area is 124 Å². The largest absolute Gasteiger partial charge is 0.490 e. The highest BCUT2D eigenvalue weighted by Crippen LogP contribution is 2.24. The second-order valence-corrected chi connectivity index (χ2v) is 5.69. The van der Waals surface area contributed by atoms with Crippen molar-refractivity contribution in [1.82, 2.24) is 9.88 Å². The summed E-state index contributed by atoms with van der Waals surface area (Å²) < 4.78 is 5.76. The van der Waals surface area contributed by atoms with Crippen LogP contribution in [-0.2, 0) is 0 Å². The normalized spacial score (nSPS) is 19.0. The van der Waals surface area contributed by atoms with E-state index in [0.717, 1.165) is 42.6 Å². The maximum absolute atomic E-state index is 10.1. The number of hydrogen-bond acceptors (Lipinski definition) is 4. The van der Waals surface area contributed by atoms with Crippen LogP contribution >= 0.6 is 0 Å². The number of aromatic nitrogens is 1. The molecule has 0 amide bonds. The average Bonchev–Trinajstić information content (AvgIpc) is 2.96. The zero-order valence-electron chi connectivity index (χ0n) is 12.0. The van der Waals surface area contributed by atoms with Crippen LogP contribution in [0.1, 0.15) is 12.8 Å². The van der Waals surface area contributed by atoms with Crippen LogP contribution in [0.2, 0.25) is 0 Å². The molecule has 1 aromatic carbocycles. The molecule has 1 fully saturated rings. The molecule has 2 heterocycles. The van der Waals surface area contributed by atoms with Crippen LogP contribution < -0.4 is 4.74 Å². The molecule has 3 rings (SSSR count). The second kappa shape index (κ2) is 6.47. The highest BCUT2D eigenvalue weighted by Gasteiger charge is 2.19. The summed E-state index contributed by atoms with van der Waals surface area (Å²) >= 11 is 0. The summed E-state index contributed by atoms with van der Waals surface area (Å²) in [5.74, 6) is 0.793. The second-order valence-electron chi connectivity index (χ2n) is 5.69. The Hall–Kier alpha value is -1.56. The minimum Gasteiger partial charge on any atom is -0.490 e. The molecular formula is C16H22N2O3. The molecule has 21 heavy (non-hydrogen) atoms. The number of aromatic amines is 1. The van der Waals surface area contributed by atoms with Gasteiger partial charge in [0.25, 0.3) is 0 Å². The topological polar surface area (TPSA) is 68.7 Å². The van der Waals surface area contributed by atoms with Crippen LogP contribution in [-0.4, -0.2) is 58.5 Å². The zero-order valence-corrected chi connectivity index (χ0v) is 12.0. The predicted molar refractivity (Wildman–Crippen MR) is 81.5 cm³/mol. The first kappa shape index (κ1) is 14.4. The number of nitrogens with one attached hydrogen (secondary N) is 1. The zero-order chi connectivity index (χ0) is 14.7. The van der Waals surface area contributed by atoms with Crippen molar-refractivity contribution in [1.29, 1.82) is 0 Å². The third-order valence-corrected chi connectivity index (χ3v) is 4.01. The van der Waals surface area contributed by atoms with Gasteiger partial charge in [-0.15, -0.1) is 0 Å². The van der Waals surface area contributed by atoms with Crippen LogP contribution in [0.5, 0.6) is 5.75 Å². The Kier molecular flexibility index (Phi) is 4.43. The lowest BCUT2D eigenvalue weighted by atomic mass is 10.1. The molecule has 1 saturated heterocycles. The SMILES string of the molecule is OC1CCN(CC(O)COc2cccc3[nH]ccc23)CC1. The molecule has 0 bridgehead atoms. The van der Waals surface area contributed by atoms with E-state index in [1.807, 2.05) is 30.5 Å². The summed E-state index contributed by atoms with van der Waals surface area (Å²) in [6, 6.07) is 7.83. The van der Waals surface area contributed by atoms with E-state index in [0.29, 0.717) is 6.54 Å². The number of hydrogen-bond donors (Lipinski definition) is 3.